The number of nitrogen functional groups attached to an aromatic ring is 1. The van der Waals surface area contributed by atoms with E-state index >= 15 is 0 Å². The Hall–Kier alpha value is -1.54. The van der Waals surface area contributed by atoms with E-state index < -0.39 is 10.0 Å². The second kappa shape index (κ2) is 4.38. The first-order valence-corrected chi connectivity index (χ1v) is 6.84. The van der Waals surface area contributed by atoms with E-state index in [4.69, 9.17) is 5.73 Å². The predicted octanol–water partition coefficient (Wildman–Crippen LogP) is 1.56. The number of H-pyrrole nitrogens is 1. The summed E-state index contributed by atoms with van der Waals surface area (Å²) in [6.45, 7) is 0. The fourth-order valence-corrected chi connectivity index (χ4v) is 2.76. The minimum atomic E-state index is -3.63. The summed E-state index contributed by atoms with van der Waals surface area (Å²) in [4.78, 5) is 0.119. The highest BCUT2D eigenvalue weighted by atomic mass is 79.9. The number of halogens is 1. The molecule has 1 heterocycles. The Morgan fingerprint density at radius 2 is 2.12 bits per heavy atom. The fraction of sp³-hybridized carbons (Fsp3) is 0. The number of hydrogen-bond donors (Lipinski definition) is 3. The quantitative estimate of drug-likeness (QED) is 0.748. The average Bonchev–Trinajstić information content (AvgIpc) is 2.73. The third-order valence-electron chi connectivity index (χ3n) is 2.03. The summed E-state index contributed by atoms with van der Waals surface area (Å²) >= 11 is 3.18. The normalized spacial score (nSPS) is 11.4. The zero-order valence-corrected chi connectivity index (χ0v) is 10.9. The molecule has 0 radical (unpaired) electrons. The highest BCUT2D eigenvalue weighted by molar-refractivity contribution is 9.10. The van der Waals surface area contributed by atoms with Crippen molar-refractivity contribution < 1.29 is 8.42 Å². The van der Waals surface area contributed by atoms with Gasteiger partial charge in [-0.25, -0.2) is 8.42 Å². The van der Waals surface area contributed by atoms with Crippen LogP contribution < -0.4 is 10.5 Å². The number of benzene rings is 1. The van der Waals surface area contributed by atoms with Crippen LogP contribution in [0.2, 0.25) is 0 Å². The number of hydrogen-bond acceptors (Lipinski definition) is 4. The van der Waals surface area contributed by atoms with Crippen molar-refractivity contribution in [1.82, 2.24) is 10.2 Å². The molecule has 0 unspecified atom stereocenters. The lowest BCUT2D eigenvalue weighted by atomic mass is 10.3. The van der Waals surface area contributed by atoms with Crippen LogP contribution in [0.15, 0.2) is 39.8 Å². The summed E-state index contributed by atoms with van der Waals surface area (Å²) in [6.07, 6.45) is 1.46. The molecule has 1 aromatic carbocycles. The molecular formula is C9H9BrN4O2S. The molecule has 0 aliphatic carbocycles. The number of aromatic nitrogens is 2. The van der Waals surface area contributed by atoms with Crippen LogP contribution in [0.4, 0.5) is 11.5 Å². The van der Waals surface area contributed by atoms with Crippen molar-refractivity contribution in [2.75, 3.05) is 10.5 Å². The van der Waals surface area contributed by atoms with Crippen LogP contribution >= 0.6 is 15.9 Å². The van der Waals surface area contributed by atoms with Gasteiger partial charge in [-0.05, 0) is 34.1 Å². The van der Waals surface area contributed by atoms with E-state index in [1.165, 1.54) is 30.5 Å². The lowest BCUT2D eigenvalue weighted by Gasteiger charge is -2.07. The smallest absolute Gasteiger partial charge is 0.263 e. The standard InChI is InChI=1S/C9H9BrN4O2S/c10-7-5-6(1-2-8(7)11)17(15,16)14-9-3-4-12-13-9/h1-5H,11H2,(H2,12,13,14). The predicted molar refractivity (Wildman–Crippen MR) is 68.0 cm³/mol. The first-order valence-electron chi connectivity index (χ1n) is 4.56. The van der Waals surface area contributed by atoms with Gasteiger partial charge in [0.1, 0.15) is 5.82 Å². The van der Waals surface area contributed by atoms with Crippen LogP contribution in [0.3, 0.4) is 0 Å². The van der Waals surface area contributed by atoms with Gasteiger partial charge < -0.3 is 5.73 Å². The summed E-state index contributed by atoms with van der Waals surface area (Å²) in [7, 11) is -3.63. The maximum absolute atomic E-state index is 11.9. The largest absolute Gasteiger partial charge is 0.398 e. The zero-order valence-electron chi connectivity index (χ0n) is 8.51. The summed E-state index contributed by atoms with van der Waals surface area (Å²) in [5, 5.41) is 6.16. The van der Waals surface area contributed by atoms with E-state index in [2.05, 4.69) is 30.8 Å². The van der Waals surface area contributed by atoms with Gasteiger partial charge in [0, 0.05) is 16.2 Å². The molecule has 0 bridgehead atoms. The Bertz CT molecular complexity index is 624. The van der Waals surface area contributed by atoms with Gasteiger partial charge in [0.15, 0.2) is 0 Å². The highest BCUT2D eigenvalue weighted by Gasteiger charge is 2.15. The third-order valence-corrected chi connectivity index (χ3v) is 4.08. The molecular weight excluding hydrogens is 308 g/mol. The summed E-state index contributed by atoms with van der Waals surface area (Å²) < 4.78 is 26.8. The molecule has 0 fully saturated rings. The topological polar surface area (TPSA) is 101 Å². The maximum Gasteiger partial charge on any atom is 0.263 e. The van der Waals surface area contributed by atoms with Gasteiger partial charge in [0.05, 0.1) is 11.1 Å². The molecule has 0 saturated carbocycles. The van der Waals surface area contributed by atoms with Gasteiger partial charge in [0.2, 0.25) is 0 Å². The maximum atomic E-state index is 11.9. The number of nitrogens with zero attached hydrogens (tertiary/aromatic N) is 1. The van der Waals surface area contributed by atoms with Gasteiger partial charge in [-0.1, -0.05) is 0 Å². The van der Waals surface area contributed by atoms with Crippen molar-refractivity contribution in [3.63, 3.8) is 0 Å². The van der Waals surface area contributed by atoms with Gasteiger partial charge in [-0.15, -0.1) is 0 Å². The first-order chi connectivity index (χ1) is 7.99. The lowest BCUT2D eigenvalue weighted by Crippen LogP contribution is -2.13. The Morgan fingerprint density at radius 3 is 2.71 bits per heavy atom. The van der Waals surface area contributed by atoms with E-state index in [0.29, 0.717) is 16.0 Å². The molecule has 17 heavy (non-hydrogen) atoms. The Balaban J connectivity index is 2.35. The van der Waals surface area contributed by atoms with E-state index in [-0.39, 0.29) is 4.90 Å². The lowest BCUT2D eigenvalue weighted by molar-refractivity contribution is 0.601. The van der Waals surface area contributed by atoms with Crippen molar-refractivity contribution >= 4 is 37.5 Å². The van der Waals surface area contributed by atoms with Crippen LogP contribution in [-0.2, 0) is 10.0 Å². The van der Waals surface area contributed by atoms with Crippen LogP contribution in [-0.4, -0.2) is 18.6 Å². The first kappa shape index (κ1) is 11.9. The molecule has 0 aliphatic heterocycles. The Morgan fingerprint density at radius 1 is 1.35 bits per heavy atom. The summed E-state index contributed by atoms with van der Waals surface area (Å²) in [5.41, 5.74) is 6.07. The fourth-order valence-electron chi connectivity index (χ4n) is 1.19. The number of anilines is 2. The molecule has 0 saturated heterocycles. The molecule has 8 heteroatoms. The van der Waals surface area contributed by atoms with E-state index in [9.17, 15) is 8.42 Å². The van der Waals surface area contributed by atoms with Crippen molar-refractivity contribution in [3.8, 4) is 0 Å². The van der Waals surface area contributed by atoms with Gasteiger partial charge in [-0.3, -0.25) is 9.82 Å². The zero-order chi connectivity index (χ0) is 12.5. The highest BCUT2D eigenvalue weighted by Crippen LogP contribution is 2.24. The number of nitrogens with two attached hydrogens (primary N) is 1. The number of aromatic amines is 1. The van der Waals surface area contributed by atoms with Crippen LogP contribution in [0.1, 0.15) is 0 Å². The summed E-state index contributed by atoms with van der Waals surface area (Å²) in [6, 6.07) is 5.91. The van der Waals surface area contributed by atoms with Crippen LogP contribution in [0, 0.1) is 0 Å². The second-order valence-corrected chi connectivity index (χ2v) is 5.80. The molecule has 4 N–H and O–H groups in total. The molecule has 2 rings (SSSR count). The Kier molecular flexibility index (Phi) is 3.07. The minimum absolute atomic E-state index is 0.119. The summed E-state index contributed by atoms with van der Waals surface area (Å²) in [5.74, 6) is 0.304. The molecule has 1 aromatic heterocycles. The van der Waals surface area contributed by atoms with Crippen molar-refractivity contribution in [2.45, 2.75) is 4.90 Å². The van der Waals surface area contributed by atoms with E-state index in [1.807, 2.05) is 0 Å². The molecule has 6 nitrogen and oxygen atoms in total. The molecule has 0 amide bonds. The molecule has 0 spiro atoms. The van der Waals surface area contributed by atoms with Gasteiger partial charge >= 0.3 is 0 Å². The number of rotatable bonds is 3. The van der Waals surface area contributed by atoms with Crippen LogP contribution in [0.5, 0.6) is 0 Å². The number of sulfonamides is 1. The minimum Gasteiger partial charge on any atom is -0.398 e. The second-order valence-electron chi connectivity index (χ2n) is 3.26. The third kappa shape index (κ3) is 2.59. The van der Waals surface area contributed by atoms with Crippen LogP contribution in [0.25, 0.3) is 0 Å². The molecule has 0 atom stereocenters. The van der Waals surface area contributed by atoms with Gasteiger partial charge in [0.25, 0.3) is 10.0 Å². The molecule has 0 aliphatic rings. The average molecular weight is 317 g/mol. The van der Waals surface area contributed by atoms with Crippen molar-refractivity contribution in [3.05, 3.63) is 34.9 Å². The van der Waals surface area contributed by atoms with E-state index in [0.717, 1.165) is 0 Å². The van der Waals surface area contributed by atoms with E-state index in [1.54, 1.807) is 0 Å². The van der Waals surface area contributed by atoms with Crippen molar-refractivity contribution in [2.24, 2.45) is 0 Å². The Labute approximate surface area is 106 Å². The monoisotopic (exact) mass is 316 g/mol. The van der Waals surface area contributed by atoms with Gasteiger partial charge in [-0.2, -0.15) is 5.10 Å². The molecule has 2 aromatic rings. The molecule has 90 valence electrons. The van der Waals surface area contributed by atoms with Crippen molar-refractivity contribution in [1.29, 1.82) is 0 Å². The number of nitrogens with one attached hydrogen (secondary N) is 2. The SMILES string of the molecule is Nc1ccc(S(=O)(=O)Nc2ccn[nH]2)cc1Br.